The van der Waals surface area contributed by atoms with Crippen LogP contribution in [0.2, 0.25) is 0 Å². The van der Waals surface area contributed by atoms with Crippen molar-refractivity contribution in [2.24, 2.45) is 0 Å². The van der Waals surface area contributed by atoms with Gasteiger partial charge in [-0.3, -0.25) is 0 Å². The molecule has 1 aromatic rings. The van der Waals surface area contributed by atoms with Gasteiger partial charge in [0, 0.05) is 19.2 Å². The van der Waals surface area contributed by atoms with E-state index in [0.29, 0.717) is 6.61 Å². The van der Waals surface area contributed by atoms with E-state index >= 15 is 0 Å². The first-order chi connectivity index (χ1) is 8.92. The molecule has 0 radical (unpaired) electrons. The third-order valence-electron chi connectivity index (χ3n) is 3.64. The Bertz CT molecular complexity index is 384. The van der Waals surface area contributed by atoms with E-state index in [0.717, 1.165) is 32.2 Å². The fraction of sp³-hybridized carbons (Fsp3) is 0.600. The Labute approximate surface area is 108 Å². The lowest BCUT2D eigenvalue weighted by Crippen LogP contribution is -2.17. The van der Waals surface area contributed by atoms with Crippen LogP contribution in [0, 0.1) is 0 Å². The molecule has 18 heavy (non-hydrogen) atoms. The molecule has 0 amide bonds. The van der Waals surface area contributed by atoms with Gasteiger partial charge in [0.2, 0.25) is 0 Å². The van der Waals surface area contributed by atoms with E-state index in [1.165, 1.54) is 24.0 Å². The standard InChI is InChI=1S/C15H21NO2/c1-2-4-13(10-18-15-7-8-17-11-15)12(3-1)9-16-14-5-6-14/h1-4,14-16H,5-11H2. The summed E-state index contributed by atoms with van der Waals surface area (Å²) in [4.78, 5) is 0. The molecule has 0 bridgehead atoms. The van der Waals surface area contributed by atoms with Crippen LogP contribution in [0.1, 0.15) is 30.4 Å². The van der Waals surface area contributed by atoms with Crippen molar-refractivity contribution in [3.8, 4) is 0 Å². The first-order valence-electron chi connectivity index (χ1n) is 6.91. The van der Waals surface area contributed by atoms with E-state index in [4.69, 9.17) is 9.47 Å². The SMILES string of the molecule is c1ccc(COC2CCOC2)c(CNC2CC2)c1. The molecule has 1 unspecified atom stereocenters. The van der Waals surface area contributed by atoms with Gasteiger partial charge in [-0.25, -0.2) is 0 Å². The number of hydrogen-bond acceptors (Lipinski definition) is 3. The lowest BCUT2D eigenvalue weighted by atomic mass is 10.1. The minimum atomic E-state index is 0.287. The lowest BCUT2D eigenvalue weighted by Gasteiger charge is -2.13. The highest BCUT2D eigenvalue weighted by Gasteiger charge is 2.20. The number of hydrogen-bond donors (Lipinski definition) is 1. The molecule has 98 valence electrons. The summed E-state index contributed by atoms with van der Waals surface area (Å²) in [6.07, 6.45) is 3.98. The molecular formula is C15H21NO2. The van der Waals surface area contributed by atoms with E-state index < -0.39 is 0 Å². The Morgan fingerprint density at radius 3 is 2.72 bits per heavy atom. The van der Waals surface area contributed by atoms with Gasteiger partial charge in [0.15, 0.2) is 0 Å². The smallest absolute Gasteiger partial charge is 0.0834 e. The normalized spacial score (nSPS) is 23.4. The van der Waals surface area contributed by atoms with Crippen molar-refractivity contribution in [2.45, 2.75) is 44.6 Å². The van der Waals surface area contributed by atoms with E-state index in [2.05, 4.69) is 29.6 Å². The van der Waals surface area contributed by atoms with Crippen LogP contribution >= 0.6 is 0 Å². The summed E-state index contributed by atoms with van der Waals surface area (Å²) in [5.74, 6) is 0. The summed E-state index contributed by atoms with van der Waals surface area (Å²) < 4.78 is 11.2. The third-order valence-corrected chi connectivity index (χ3v) is 3.64. The van der Waals surface area contributed by atoms with Crippen LogP contribution in [0.3, 0.4) is 0 Å². The Morgan fingerprint density at radius 1 is 1.17 bits per heavy atom. The topological polar surface area (TPSA) is 30.5 Å². The molecule has 0 aromatic heterocycles. The zero-order valence-corrected chi connectivity index (χ0v) is 10.7. The van der Waals surface area contributed by atoms with Gasteiger partial charge in [-0.15, -0.1) is 0 Å². The molecule has 3 nitrogen and oxygen atoms in total. The second-order valence-electron chi connectivity index (χ2n) is 5.22. The van der Waals surface area contributed by atoms with Crippen molar-refractivity contribution in [1.82, 2.24) is 5.32 Å². The van der Waals surface area contributed by atoms with Crippen molar-refractivity contribution in [2.75, 3.05) is 13.2 Å². The third kappa shape index (κ3) is 3.31. The highest BCUT2D eigenvalue weighted by molar-refractivity contribution is 5.26. The zero-order valence-electron chi connectivity index (χ0n) is 10.7. The van der Waals surface area contributed by atoms with E-state index in [1.54, 1.807) is 0 Å². The van der Waals surface area contributed by atoms with Gasteiger partial charge in [0.05, 0.1) is 19.3 Å². The van der Waals surface area contributed by atoms with Gasteiger partial charge < -0.3 is 14.8 Å². The predicted molar refractivity (Wildman–Crippen MR) is 70.3 cm³/mol. The van der Waals surface area contributed by atoms with Crippen LogP contribution in [0.25, 0.3) is 0 Å². The average molecular weight is 247 g/mol. The predicted octanol–water partition coefficient (Wildman–Crippen LogP) is 2.24. The van der Waals surface area contributed by atoms with Gasteiger partial charge in [0.25, 0.3) is 0 Å². The molecule has 1 atom stereocenters. The maximum Gasteiger partial charge on any atom is 0.0834 e. The Kier molecular flexibility index (Phi) is 3.93. The molecule has 1 saturated carbocycles. The Morgan fingerprint density at radius 2 is 2.00 bits per heavy atom. The average Bonchev–Trinajstić information content (AvgIpc) is 3.09. The summed E-state index contributed by atoms with van der Waals surface area (Å²) in [6, 6.07) is 9.30. The molecule has 1 aliphatic carbocycles. The second-order valence-corrected chi connectivity index (χ2v) is 5.22. The molecule has 2 fully saturated rings. The van der Waals surface area contributed by atoms with Gasteiger partial charge in [-0.05, 0) is 30.4 Å². The summed E-state index contributed by atoms with van der Waals surface area (Å²) in [5, 5.41) is 3.56. The van der Waals surface area contributed by atoms with Crippen LogP contribution in [0.4, 0.5) is 0 Å². The monoisotopic (exact) mass is 247 g/mol. The molecule has 2 aliphatic rings. The van der Waals surface area contributed by atoms with Crippen molar-refractivity contribution < 1.29 is 9.47 Å². The first kappa shape index (κ1) is 12.2. The molecule has 1 N–H and O–H groups in total. The summed E-state index contributed by atoms with van der Waals surface area (Å²) >= 11 is 0. The maximum atomic E-state index is 5.90. The quantitative estimate of drug-likeness (QED) is 0.836. The molecule has 1 saturated heterocycles. The minimum absolute atomic E-state index is 0.287. The number of ether oxygens (including phenoxy) is 2. The molecule has 1 aromatic carbocycles. The van der Waals surface area contributed by atoms with Crippen LogP contribution in [0.5, 0.6) is 0 Å². The largest absolute Gasteiger partial charge is 0.379 e. The molecule has 1 heterocycles. The van der Waals surface area contributed by atoms with Crippen LogP contribution in [-0.2, 0) is 22.6 Å². The van der Waals surface area contributed by atoms with E-state index in [1.807, 2.05) is 0 Å². The van der Waals surface area contributed by atoms with E-state index in [9.17, 15) is 0 Å². The number of nitrogens with one attached hydrogen (secondary N) is 1. The molecule has 1 aliphatic heterocycles. The highest BCUT2D eigenvalue weighted by atomic mass is 16.5. The minimum Gasteiger partial charge on any atom is -0.379 e. The van der Waals surface area contributed by atoms with Crippen molar-refractivity contribution >= 4 is 0 Å². The van der Waals surface area contributed by atoms with Crippen molar-refractivity contribution in [3.63, 3.8) is 0 Å². The van der Waals surface area contributed by atoms with Gasteiger partial charge >= 0.3 is 0 Å². The lowest BCUT2D eigenvalue weighted by molar-refractivity contribution is 0.0314. The summed E-state index contributed by atoms with van der Waals surface area (Å²) in [6.45, 7) is 3.26. The number of rotatable bonds is 6. The highest BCUT2D eigenvalue weighted by Crippen LogP contribution is 2.20. The Hall–Kier alpha value is -0.900. The van der Waals surface area contributed by atoms with Crippen LogP contribution in [-0.4, -0.2) is 25.4 Å². The first-order valence-corrected chi connectivity index (χ1v) is 6.91. The second kappa shape index (κ2) is 5.83. The fourth-order valence-electron chi connectivity index (χ4n) is 2.26. The number of benzene rings is 1. The summed E-state index contributed by atoms with van der Waals surface area (Å²) in [5.41, 5.74) is 2.67. The molecular weight excluding hydrogens is 226 g/mol. The van der Waals surface area contributed by atoms with Crippen LogP contribution < -0.4 is 5.32 Å². The fourth-order valence-corrected chi connectivity index (χ4v) is 2.26. The molecule has 3 heteroatoms. The molecule has 0 spiro atoms. The molecule has 3 rings (SSSR count). The van der Waals surface area contributed by atoms with E-state index in [-0.39, 0.29) is 6.10 Å². The maximum absolute atomic E-state index is 5.90. The van der Waals surface area contributed by atoms with Crippen LogP contribution in [0.15, 0.2) is 24.3 Å². The van der Waals surface area contributed by atoms with Gasteiger partial charge in [0.1, 0.15) is 0 Å². The van der Waals surface area contributed by atoms with Gasteiger partial charge in [-0.2, -0.15) is 0 Å². The Balaban J connectivity index is 1.55. The van der Waals surface area contributed by atoms with Crippen molar-refractivity contribution in [1.29, 1.82) is 0 Å². The zero-order chi connectivity index (χ0) is 12.2. The summed E-state index contributed by atoms with van der Waals surface area (Å²) in [7, 11) is 0. The van der Waals surface area contributed by atoms with Crippen molar-refractivity contribution in [3.05, 3.63) is 35.4 Å². The van der Waals surface area contributed by atoms with Gasteiger partial charge in [-0.1, -0.05) is 24.3 Å².